The first-order valence-corrected chi connectivity index (χ1v) is 7.65. The summed E-state index contributed by atoms with van der Waals surface area (Å²) in [5.74, 6) is 0. The molecule has 0 radical (unpaired) electrons. The summed E-state index contributed by atoms with van der Waals surface area (Å²) in [4.78, 5) is 0.854. The Kier molecular flexibility index (Phi) is 7.10. The predicted molar refractivity (Wildman–Crippen MR) is 74.9 cm³/mol. The van der Waals surface area contributed by atoms with E-state index in [1.165, 1.54) is 11.3 Å². The Hall–Kier alpha value is 0.180. The van der Waals surface area contributed by atoms with E-state index in [1.54, 1.807) is 6.07 Å². The van der Waals surface area contributed by atoms with E-state index in [-0.39, 0.29) is 12.6 Å². The van der Waals surface area contributed by atoms with Crippen molar-refractivity contribution in [3.05, 3.63) is 19.8 Å². The topological polar surface area (TPSA) is 21.3 Å². The lowest BCUT2D eigenvalue weighted by Crippen LogP contribution is -2.28. The van der Waals surface area contributed by atoms with Crippen LogP contribution in [-0.2, 0) is 4.74 Å². The highest BCUT2D eigenvalue weighted by molar-refractivity contribution is 9.11. The van der Waals surface area contributed by atoms with Crippen LogP contribution in [-0.4, -0.2) is 25.9 Å². The maximum atomic E-state index is 12.1. The first-order valence-electron chi connectivity index (χ1n) is 5.66. The third-order valence-corrected chi connectivity index (χ3v) is 4.79. The van der Waals surface area contributed by atoms with Gasteiger partial charge < -0.3 is 10.1 Å². The molecule has 1 aromatic rings. The summed E-state index contributed by atoms with van der Waals surface area (Å²) in [5, 5.41) is 3.71. The van der Waals surface area contributed by atoms with Crippen LogP contribution in [0.4, 0.5) is 13.2 Å². The van der Waals surface area contributed by atoms with Gasteiger partial charge in [0.1, 0.15) is 6.61 Å². The van der Waals surface area contributed by atoms with Gasteiger partial charge in [0.05, 0.1) is 21.5 Å². The Morgan fingerprint density at radius 3 is 2.68 bits per heavy atom. The molecule has 110 valence electrons. The number of hydrogen-bond acceptors (Lipinski definition) is 3. The van der Waals surface area contributed by atoms with Crippen LogP contribution in [0.3, 0.4) is 0 Å². The second kappa shape index (κ2) is 7.83. The van der Waals surface area contributed by atoms with Gasteiger partial charge in [-0.05, 0) is 35.0 Å². The number of ether oxygens (including phenoxy) is 1. The Labute approximate surface area is 127 Å². The van der Waals surface area contributed by atoms with Crippen molar-refractivity contribution >= 4 is 38.9 Å². The predicted octanol–water partition coefficient (Wildman–Crippen LogP) is 4.78. The first-order chi connectivity index (χ1) is 8.83. The summed E-state index contributed by atoms with van der Waals surface area (Å²) in [7, 11) is 0. The van der Waals surface area contributed by atoms with Crippen molar-refractivity contribution in [1.82, 2.24) is 5.32 Å². The third-order valence-electron chi connectivity index (χ3n) is 2.20. The van der Waals surface area contributed by atoms with Gasteiger partial charge in [-0.1, -0.05) is 18.5 Å². The molecular formula is C11H14BrClF3NOS. The fourth-order valence-electron chi connectivity index (χ4n) is 1.39. The molecule has 1 aromatic heterocycles. The molecule has 0 saturated carbocycles. The van der Waals surface area contributed by atoms with Crippen LogP contribution in [0.25, 0.3) is 0 Å². The fourth-order valence-corrected chi connectivity index (χ4v) is 3.19. The number of thiophene rings is 1. The van der Waals surface area contributed by atoms with Gasteiger partial charge in [0.25, 0.3) is 0 Å². The summed E-state index contributed by atoms with van der Waals surface area (Å²) in [6.07, 6.45) is -3.42. The van der Waals surface area contributed by atoms with Crippen LogP contribution < -0.4 is 5.32 Å². The van der Waals surface area contributed by atoms with Gasteiger partial charge in [-0.25, -0.2) is 0 Å². The van der Waals surface area contributed by atoms with Gasteiger partial charge in [0, 0.05) is 4.88 Å². The lowest BCUT2D eigenvalue weighted by Gasteiger charge is -2.17. The second-order valence-corrected chi connectivity index (χ2v) is 6.72. The van der Waals surface area contributed by atoms with Crippen molar-refractivity contribution in [1.29, 1.82) is 0 Å². The van der Waals surface area contributed by atoms with Crippen LogP contribution in [0.5, 0.6) is 0 Å². The van der Waals surface area contributed by atoms with Crippen molar-refractivity contribution in [2.24, 2.45) is 0 Å². The van der Waals surface area contributed by atoms with E-state index in [0.29, 0.717) is 11.6 Å². The monoisotopic (exact) mass is 379 g/mol. The van der Waals surface area contributed by atoms with Crippen molar-refractivity contribution < 1.29 is 17.9 Å². The van der Waals surface area contributed by atoms with Crippen molar-refractivity contribution in [3.63, 3.8) is 0 Å². The van der Waals surface area contributed by atoms with Crippen molar-refractivity contribution in [2.45, 2.75) is 25.6 Å². The minimum atomic E-state index is -4.30. The number of hydrogen-bond donors (Lipinski definition) is 1. The summed E-state index contributed by atoms with van der Waals surface area (Å²) < 4.78 is 41.7. The molecule has 0 spiro atoms. The smallest absolute Gasteiger partial charge is 0.370 e. The minimum absolute atomic E-state index is 0.0389. The zero-order valence-corrected chi connectivity index (χ0v) is 13.3. The normalized spacial score (nSPS) is 13.8. The van der Waals surface area contributed by atoms with Crippen LogP contribution in [0.1, 0.15) is 24.3 Å². The Balaban J connectivity index is 2.61. The summed E-state index contributed by atoms with van der Waals surface area (Å²) >= 11 is 10.6. The lowest BCUT2D eigenvalue weighted by molar-refractivity contribution is -0.175. The second-order valence-electron chi connectivity index (χ2n) is 3.91. The molecule has 1 heterocycles. The van der Waals surface area contributed by atoms with Gasteiger partial charge in [0.2, 0.25) is 0 Å². The van der Waals surface area contributed by atoms with Crippen LogP contribution >= 0.6 is 38.9 Å². The highest BCUT2D eigenvalue weighted by Gasteiger charge is 2.28. The molecule has 0 aliphatic heterocycles. The van der Waals surface area contributed by atoms with Crippen molar-refractivity contribution in [2.75, 3.05) is 19.8 Å². The zero-order chi connectivity index (χ0) is 14.5. The molecule has 2 nitrogen and oxygen atoms in total. The van der Waals surface area contributed by atoms with E-state index in [2.05, 4.69) is 21.2 Å². The first kappa shape index (κ1) is 17.2. The molecule has 19 heavy (non-hydrogen) atoms. The molecule has 1 atom stereocenters. The summed E-state index contributed by atoms with van der Waals surface area (Å²) in [6, 6.07) is 1.46. The van der Waals surface area contributed by atoms with Gasteiger partial charge in [-0.15, -0.1) is 11.3 Å². The van der Waals surface area contributed by atoms with E-state index in [9.17, 15) is 13.2 Å². The fraction of sp³-hybridized carbons (Fsp3) is 0.636. The molecule has 0 amide bonds. The number of nitrogens with one attached hydrogen (secondary N) is 1. The minimum Gasteiger partial charge on any atom is -0.370 e. The van der Waals surface area contributed by atoms with E-state index in [1.807, 2.05) is 6.92 Å². The van der Waals surface area contributed by atoms with Gasteiger partial charge >= 0.3 is 6.18 Å². The van der Waals surface area contributed by atoms with E-state index in [0.717, 1.165) is 15.1 Å². The molecular weight excluding hydrogens is 367 g/mol. The standard InChI is InChI=1S/C11H14BrClF3NOS/c1-2-3-17-8(5-18-6-11(14,15)16)9-4-7(13)10(12)19-9/h4,8,17H,2-3,5-6H2,1H3. The van der Waals surface area contributed by atoms with Gasteiger partial charge in [-0.2, -0.15) is 13.2 Å². The SMILES string of the molecule is CCCNC(COCC(F)(F)F)c1cc(Cl)c(Br)s1. The van der Waals surface area contributed by atoms with Gasteiger partial charge in [-0.3, -0.25) is 0 Å². The van der Waals surface area contributed by atoms with Crippen LogP contribution in [0.2, 0.25) is 5.02 Å². The largest absolute Gasteiger partial charge is 0.411 e. The van der Waals surface area contributed by atoms with E-state index >= 15 is 0 Å². The Morgan fingerprint density at radius 2 is 2.21 bits per heavy atom. The number of alkyl halides is 3. The average Bonchev–Trinajstić information content (AvgIpc) is 2.62. The molecule has 1 rings (SSSR count). The van der Waals surface area contributed by atoms with E-state index < -0.39 is 12.8 Å². The Morgan fingerprint density at radius 1 is 1.53 bits per heavy atom. The zero-order valence-electron chi connectivity index (χ0n) is 10.2. The maximum absolute atomic E-state index is 12.1. The van der Waals surface area contributed by atoms with E-state index in [4.69, 9.17) is 16.3 Å². The highest BCUT2D eigenvalue weighted by Crippen LogP contribution is 2.35. The quantitative estimate of drug-likeness (QED) is 0.735. The lowest BCUT2D eigenvalue weighted by atomic mass is 10.2. The molecule has 0 fully saturated rings. The number of rotatable bonds is 7. The average molecular weight is 381 g/mol. The summed E-state index contributed by atoms with van der Waals surface area (Å²) in [6.45, 7) is 1.41. The van der Waals surface area contributed by atoms with Crippen LogP contribution in [0.15, 0.2) is 9.85 Å². The van der Waals surface area contributed by atoms with Crippen molar-refractivity contribution in [3.8, 4) is 0 Å². The molecule has 0 bridgehead atoms. The van der Waals surface area contributed by atoms with Crippen LogP contribution in [0, 0.1) is 0 Å². The maximum Gasteiger partial charge on any atom is 0.411 e. The molecule has 1 unspecified atom stereocenters. The molecule has 1 N–H and O–H groups in total. The summed E-state index contributed by atoms with van der Waals surface area (Å²) in [5.41, 5.74) is 0. The Bertz CT molecular complexity index is 380. The van der Waals surface area contributed by atoms with Gasteiger partial charge in [0.15, 0.2) is 0 Å². The number of halogens is 5. The molecule has 0 aliphatic carbocycles. The molecule has 0 aromatic carbocycles. The highest BCUT2D eigenvalue weighted by atomic mass is 79.9. The molecule has 0 saturated heterocycles. The third kappa shape index (κ3) is 6.44. The molecule has 8 heteroatoms. The molecule has 0 aliphatic rings.